The number of methoxy groups -OCH3 is 1. The summed E-state index contributed by atoms with van der Waals surface area (Å²) in [5.74, 6) is 0.308. The first-order valence-corrected chi connectivity index (χ1v) is 9.30. The molecule has 1 N–H and O–H groups in total. The fourth-order valence-electron chi connectivity index (χ4n) is 3.00. The fourth-order valence-corrected chi connectivity index (χ4v) is 3.86. The second-order valence-corrected chi connectivity index (χ2v) is 7.30. The van der Waals surface area contributed by atoms with Crippen molar-refractivity contribution in [1.29, 1.82) is 0 Å². The molecule has 5 nitrogen and oxygen atoms in total. The molecular weight excluding hydrogens is 360 g/mol. The van der Waals surface area contributed by atoms with Gasteiger partial charge in [-0.1, -0.05) is 17.7 Å². The Morgan fingerprint density at radius 1 is 1.40 bits per heavy atom. The molecule has 3 rings (SSSR count). The number of likely N-dealkylation sites (tertiary alicyclic amines) is 1. The van der Waals surface area contributed by atoms with E-state index in [1.807, 2.05) is 17.5 Å². The average Bonchev–Trinajstić information content (AvgIpc) is 3.26. The van der Waals surface area contributed by atoms with Crippen molar-refractivity contribution >= 4 is 40.4 Å². The van der Waals surface area contributed by atoms with E-state index < -0.39 is 6.04 Å². The van der Waals surface area contributed by atoms with E-state index in [0.717, 1.165) is 11.3 Å². The van der Waals surface area contributed by atoms with E-state index in [1.165, 1.54) is 7.11 Å². The van der Waals surface area contributed by atoms with Crippen LogP contribution in [-0.2, 0) is 16.0 Å². The monoisotopic (exact) mass is 378 g/mol. The van der Waals surface area contributed by atoms with Crippen molar-refractivity contribution in [2.45, 2.75) is 25.3 Å². The number of benzene rings is 1. The Kier molecular flexibility index (Phi) is 5.60. The van der Waals surface area contributed by atoms with Crippen LogP contribution >= 0.6 is 22.9 Å². The largest absolute Gasteiger partial charge is 0.495 e. The van der Waals surface area contributed by atoms with Crippen molar-refractivity contribution in [3.05, 3.63) is 45.6 Å². The summed E-state index contributed by atoms with van der Waals surface area (Å²) in [4.78, 5) is 28.0. The molecule has 0 spiro atoms. The Morgan fingerprint density at radius 3 is 2.96 bits per heavy atom. The third kappa shape index (κ3) is 4.14. The Bertz CT molecular complexity index is 764. The van der Waals surface area contributed by atoms with E-state index >= 15 is 0 Å². The number of anilines is 1. The molecule has 132 valence electrons. The summed E-state index contributed by atoms with van der Waals surface area (Å²) >= 11 is 7.55. The number of thiophene rings is 1. The quantitative estimate of drug-likeness (QED) is 0.865. The van der Waals surface area contributed by atoms with Crippen LogP contribution < -0.4 is 10.1 Å². The van der Waals surface area contributed by atoms with Crippen LogP contribution in [0.2, 0.25) is 5.02 Å². The lowest BCUT2D eigenvalue weighted by molar-refractivity contribution is -0.136. The highest BCUT2D eigenvalue weighted by Crippen LogP contribution is 2.29. The Labute approximate surface area is 155 Å². The second kappa shape index (κ2) is 7.89. The van der Waals surface area contributed by atoms with Gasteiger partial charge in [-0.3, -0.25) is 9.59 Å². The molecule has 1 aromatic heterocycles. The highest BCUT2D eigenvalue weighted by Gasteiger charge is 2.34. The zero-order valence-electron chi connectivity index (χ0n) is 13.8. The van der Waals surface area contributed by atoms with Crippen LogP contribution in [0.25, 0.3) is 0 Å². The number of ether oxygens (including phenoxy) is 1. The molecular formula is C18H19ClN2O3S. The van der Waals surface area contributed by atoms with Gasteiger partial charge in [0.15, 0.2) is 0 Å². The molecule has 7 heteroatoms. The van der Waals surface area contributed by atoms with Gasteiger partial charge in [0.1, 0.15) is 11.8 Å². The fraction of sp³-hybridized carbons (Fsp3) is 0.333. The van der Waals surface area contributed by atoms with E-state index in [0.29, 0.717) is 35.8 Å². The summed E-state index contributed by atoms with van der Waals surface area (Å²) < 4.78 is 5.26. The van der Waals surface area contributed by atoms with E-state index in [2.05, 4.69) is 5.32 Å². The van der Waals surface area contributed by atoms with E-state index in [9.17, 15) is 9.59 Å². The lowest BCUT2D eigenvalue weighted by Crippen LogP contribution is -2.43. The van der Waals surface area contributed by atoms with Crippen LogP contribution in [-0.4, -0.2) is 36.4 Å². The first kappa shape index (κ1) is 17.8. The molecule has 1 fully saturated rings. The minimum atomic E-state index is -0.462. The van der Waals surface area contributed by atoms with Crippen molar-refractivity contribution < 1.29 is 14.3 Å². The first-order chi connectivity index (χ1) is 12.1. The Morgan fingerprint density at radius 2 is 2.24 bits per heavy atom. The number of nitrogens with one attached hydrogen (secondary N) is 1. The van der Waals surface area contributed by atoms with Crippen LogP contribution in [0.4, 0.5) is 5.69 Å². The summed E-state index contributed by atoms with van der Waals surface area (Å²) in [7, 11) is 1.53. The normalized spacial score (nSPS) is 16.7. The van der Waals surface area contributed by atoms with Crippen LogP contribution in [0, 0.1) is 0 Å². The smallest absolute Gasteiger partial charge is 0.247 e. The molecule has 1 aliphatic rings. The van der Waals surface area contributed by atoms with Crippen molar-refractivity contribution in [3.63, 3.8) is 0 Å². The van der Waals surface area contributed by atoms with Gasteiger partial charge in [0.2, 0.25) is 11.8 Å². The summed E-state index contributed by atoms with van der Waals surface area (Å²) in [5, 5.41) is 5.30. The van der Waals surface area contributed by atoms with Gasteiger partial charge < -0.3 is 15.0 Å². The van der Waals surface area contributed by atoms with Crippen LogP contribution in [0.1, 0.15) is 17.7 Å². The summed E-state index contributed by atoms with van der Waals surface area (Å²) in [6.07, 6.45) is 1.81. The van der Waals surface area contributed by atoms with Gasteiger partial charge >= 0.3 is 0 Å². The molecule has 1 aliphatic heterocycles. The maximum absolute atomic E-state index is 12.7. The lowest BCUT2D eigenvalue weighted by atomic mass is 10.2. The third-order valence-corrected chi connectivity index (χ3v) is 5.31. The molecule has 25 heavy (non-hydrogen) atoms. The third-order valence-electron chi connectivity index (χ3n) is 4.20. The number of halogens is 1. The number of carbonyl (C=O) groups is 2. The highest BCUT2D eigenvalue weighted by atomic mass is 35.5. The maximum Gasteiger partial charge on any atom is 0.247 e. The summed E-state index contributed by atoms with van der Waals surface area (Å²) in [6.45, 7) is 0.606. The van der Waals surface area contributed by atoms with Crippen LogP contribution in [0.3, 0.4) is 0 Å². The molecule has 0 aliphatic carbocycles. The SMILES string of the molecule is COc1ccc(Cl)cc1NC(=O)C1CCCN1C(=O)Cc1cccs1. The average molecular weight is 379 g/mol. The summed E-state index contributed by atoms with van der Waals surface area (Å²) in [5.41, 5.74) is 0.512. The molecule has 0 saturated carbocycles. The van der Waals surface area contributed by atoms with Crippen LogP contribution in [0.5, 0.6) is 5.75 Å². The van der Waals surface area contributed by atoms with Crippen molar-refractivity contribution in [2.75, 3.05) is 19.0 Å². The van der Waals surface area contributed by atoms with E-state index in [-0.39, 0.29) is 11.8 Å². The molecule has 2 aromatic rings. The first-order valence-electron chi connectivity index (χ1n) is 8.04. The Balaban J connectivity index is 1.70. The van der Waals surface area contributed by atoms with Gasteiger partial charge in [-0.05, 0) is 42.5 Å². The maximum atomic E-state index is 12.7. The summed E-state index contributed by atoms with van der Waals surface area (Å²) in [6, 6.07) is 8.44. The van der Waals surface area contributed by atoms with E-state index in [1.54, 1.807) is 34.4 Å². The predicted octanol–water partition coefficient (Wildman–Crippen LogP) is 3.58. The Hall–Kier alpha value is -2.05. The molecule has 2 amide bonds. The zero-order valence-corrected chi connectivity index (χ0v) is 15.4. The molecule has 1 unspecified atom stereocenters. The number of amides is 2. The van der Waals surface area contributed by atoms with Gasteiger partial charge in [-0.15, -0.1) is 11.3 Å². The minimum Gasteiger partial charge on any atom is -0.495 e. The minimum absolute atomic E-state index is 0.0156. The number of hydrogen-bond acceptors (Lipinski definition) is 4. The lowest BCUT2D eigenvalue weighted by Gasteiger charge is -2.24. The number of hydrogen-bond donors (Lipinski definition) is 1. The topological polar surface area (TPSA) is 58.6 Å². The van der Waals surface area contributed by atoms with Gasteiger partial charge in [0.25, 0.3) is 0 Å². The zero-order chi connectivity index (χ0) is 17.8. The van der Waals surface area contributed by atoms with Crippen molar-refractivity contribution in [2.24, 2.45) is 0 Å². The molecule has 1 saturated heterocycles. The van der Waals surface area contributed by atoms with Crippen molar-refractivity contribution in [1.82, 2.24) is 4.90 Å². The number of carbonyl (C=O) groups excluding carboxylic acids is 2. The van der Waals surface area contributed by atoms with Gasteiger partial charge in [-0.25, -0.2) is 0 Å². The second-order valence-electron chi connectivity index (χ2n) is 5.84. The van der Waals surface area contributed by atoms with Gasteiger partial charge in [0.05, 0.1) is 19.2 Å². The molecule has 1 atom stereocenters. The van der Waals surface area contributed by atoms with Gasteiger partial charge in [-0.2, -0.15) is 0 Å². The number of nitrogens with zero attached hydrogens (tertiary/aromatic N) is 1. The molecule has 1 aromatic carbocycles. The molecule has 0 radical (unpaired) electrons. The highest BCUT2D eigenvalue weighted by molar-refractivity contribution is 7.10. The van der Waals surface area contributed by atoms with Crippen LogP contribution in [0.15, 0.2) is 35.7 Å². The number of rotatable bonds is 5. The standard InChI is InChI=1S/C18H19ClN2O3S/c1-24-16-7-6-12(19)10-14(16)20-18(23)15-5-2-8-21(15)17(22)11-13-4-3-9-25-13/h3-4,6-7,9-10,15H,2,5,8,11H2,1H3,(H,20,23). The van der Waals surface area contributed by atoms with Gasteiger partial charge in [0, 0.05) is 16.4 Å². The molecule has 0 bridgehead atoms. The molecule has 2 heterocycles. The predicted molar refractivity (Wildman–Crippen MR) is 99.4 cm³/mol. The van der Waals surface area contributed by atoms with Crippen molar-refractivity contribution in [3.8, 4) is 5.75 Å². The van der Waals surface area contributed by atoms with E-state index in [4.69, 9.17) is 16.3 Å².